The van der Waals surface area contributed by atoms with Crippen LogP contribution in [0, 0.1) is 0 Å². The van der Waals surface area contributed by atoms with Gasteiger partial charge in [-0.1, -0.05) is 30.3 Å². The lowest BCUT2D eigenvalue weighted by Gasteiger charge is -2.04. The molecular weight excluding hydrogens is 246 g/mol. The molecule has 2 amide bonds. The molecule has 1 rings (SSSR count). The third kappa shape index (κ3) is 3.47. The number of rotatable bonds is 3. The molecule has 0 atom stereocenters. The molecule has 90 valence electrons. The van der Waals surface area contributed by atoms with Crippen molar-refractivity contribution in [1.82, 2.24) is 10.3 Å². The summed E-state index contributed by atoms with van der Waals surface area (Å²) in [7, 11) is -4.33. The summed E-state index contributed by atoms with van der Waals surface area (Å²) in [6.07, 6.45) is 0. The van der Waals surface area contributed by atoms with Gasteiger partial charge in [-0.05, 0) is 6.72 Å². The lowest BCUT2D eigenvalue weighted by Crippen LogP contribution is -2.43. The van der Waals surface area contributed by atoms with Gasteiger partial charge >= 0.3 is 6.03 Å². The number of nitrogens with zero attached hydrogens (tertiary/aromatic N) is 1. The molecule has 8 heteroatoms. The molecule has 0 spiro atoms. The van der Waals surface area contributed by atoms with E-state index >= 15 is 0 Å². The predicted molar refractivity (Wildman–Crippen MR) is 60.9 cm³/mol. The van der Waals surface area contributed by atoms with E-state index in [1.807, 2.05) is 0 Å². The van der Waals surface area contributed by atoms with E-state index in [1.54, 1.807) is 16.3 Å². The van der Waals surface area contributed by atoms with Gasteiger partial charge in [0.1, 0.15) is 0 Å². The van der Waals surface area contributed by atoms with Crippen LogP contribution in [-0.4, -0.2) is 26.3 Å². The van der Waals surface area contributed by atoms with E-state index in [9.17, 15) is 18.0 Å². The summed E-state index contributed by atoms with van der Waals surface area (Å²) in [5, 5.41) is -1.15. The maximum atomic E-state index is 11.5. The fourth-order valence-electron chi connectivity index (χ4n) is 0.926. The standard InChI is InChI=1S/C9H9N3O4S/c1-10-9(14)11-12-17(15,16)8(13)7-5-3-2-4-6-7/h2-6,12H,1H2,(H,11,14). The summed E-state index contributed by atoms with van der Waals surface area (Å²) >= 11 is 0. The monoisotopic (exact) mass is 255 g/mol. The molecule has 1 aromatic carbocycles. The van der Waals surface area contributed by atoms with E-state index < -0.39 is 21.2 Å². The Morgan fingerprint density at radius 2 is 1.76 bits per heavy atom. The van der Waals surface area contributed by atoms with Gasteiger partial charge in [0.2, 0.25) is 0 Å². The SMILES string of the molecule is C=NC(=O)NNS(=O)(=O)C(=O)c1ccccc1. The quantitative estimate of drug-likeness (QED) is 0.589. The molecular formula is C9H9N3O4S. The van der Waals surface area contributed by atoms with Gasteiger partial charge in [-0.25, -0.2) is 18.2 Å². The number of hydrogen-bond donors (Lipinski definition) is 2. The van der Waals surface area contributed by atoms with E-state index in [0.717, 1.165) is 0 Å². The molecule has 2 N–H and O–H groups in total. The Morgan fingerprint density at radius 1 is 1.18 bits per heavy atom. The van der Waals surface area contributed by atoms with Crippen LogP contribution in [0.1, 0.15) is 10.4 Å². The molecule has 0 fully saturated rings. The summed E-state index contributed by atoms with van der Waals surface area (Å²) in [6.45, 7) is 2.88. The third-order valence-electron chi connectivity index (χ3n) is 1.69. The minimum absolute atomic E-state index is 0.0131. The van der Waals surface area contributed by atoms with Gasteiger partial charge in [0.05, 0.1) is 0 Å². The largest absolute Gasteiger partial charge is 0.355 e. The first-order valence-corrected chi connectivity index (χ1v) is 5.83. The summed E-state index contributed by atoms with van der Waals surface area (Å²) in [5.41, 5.74) is 1.68. The number of sulfonamides is 1. The van der Waals surface area contributed by atoms with E-state index in [2.05, 4.69) is 11.7 Å². The maximum absolute atomic E-state index is 11.5. The lowest BCUT2D eigenvalue weighted by molar-refractivity contribution is 0.107. The number of nitrogens with one attached hydrogen (secondary N) is 2. The number of hydrogen-bond acceptors (Lipinski definition) is 4. The van der Waals surface area contributed by atoms with Crippen LogP contribution in [0.3, 0.4) is 0 Å². The zero-order valence-electron chi connectivity index (χ0n) is 8.58. The van der Waals surface area contributed by atoms with E-state index in [-0.39, 0.29) is 5.56 Å². The number of benzene rings is 1. The van der Waals surface area contributed by atoms with E-state index in [4.69, 9.17) is 0 Å². The van der Waals surface area contributed by atoms with Crippen molar-refractivity contribution in [1.29, 1.82) is 0 Å². The van der Waals surface area contributed by atoms with Gasteiger partial charge in [-0.2, -0.15) is 0 Å². The molecule has 7 nitrogen and oxygen atoms in total. The van der Waals surface area contributed by atoms with Gasteiger partial charge in [-0.15, -0.1) is 4.83 Å². The van der Waals surface area contributed by atoms with Crippen LogP contribution in [0.5, 0.6) is 0 Å². The average Bonchev–Trinajstić information content (AvgIpc) is 2.36. The summed E-state index contributed by atoms with van der Waals surface area (Å²) in [6, 6.07) is 6.36. The summed E-state index contributed by atoms with van der Waals surface area (Å²) in [5.74, 6) is 0. The van der Waals surface area contributed by atoms with Crippen molar-refractivity contribution < 1.29 is 18.0 Å². The van der Waals surface area contributed by atoms with Crippen LogP contribution >= 0.6 is 0 Å². The van der Waals surface area contributed by atoms with Crippen molar-refractivity contribution in [3.05, 3.63) is 35.9 Å². The molecule has 0 saturated carbocycles. The fourth-order valence-corrected chi connectivity index (χ4v) is 1.69. The molecule has 0 aliphatic heterocycles. The highest BCUT2D eigenvalue weighted by Gasteiger charge is 2.23. The number of aliphatic imine (C=N–C) groups is 1. The normalized spacial score (nSPS) is 10.6. The molecule has 0 unspecified atom stereocenters. The second-order valence-electron chi connectivity index (χ2n) is 2.85. The van der Waals surface area contributed by atoms with E-state index in [0.29, 0.717) is 0 Å². The Balaban J connectivity index is 2.82. The molecule has 0 aliphatic carbocycles. The first-order valence-electron chi connectivity index (χ1n) is 4.35. The maximum Gasteiger partial charge on any atom is 0.355 e. The van der Waals surface area contributed by atoms with Gasteiger partial charge in [-0.3, -0.25) is 10.2 Å². The third-order valence-corrected chi connectivity index (χ3v) is 2.78. The number of amides is 2. The molecule has 0 aliphatic rings. The van der Waals surface area contributed by atoms with Crippen LogP contribution in [0.15, 0.2) is 35.3 Å². The molecule has 17 heavy (non-hydrogen) atoms. The Hall–Kier alpha value is -2.06. The van der Waals surface area contributed by atoms with Crippen molar-refractivity contribution in [2.75, 3.05) is 0 Å². The molecule has 0 radical (unpaired) electrons. The van der Waals surface area contributed by atoms with Crippen molar-refractivity contribution in [2.24, 2.45) is 4.99 Å². The van der Waals surface area contributed by atoms with Gasteiger partial charge < -0.3 is 0 Å². The summed E-state index contributed by atoms with van der Waals surface area (Å²) in [4.78, 5) is 26.6. The first kappa shape index (κ1) is 13.0. The number of urea groups is 1. The molecule has 0 bridgehead atoms. The van der Waals surface area contributed by atoms with Crippen molar-refractivity contribution in [2.45, 2.75) is 0 Å². The highest BCUT2D eigenvalue weighted by atomic mass is 32.2. The Labute approximate surface area is 97.6 Å². The highest BCUT2D eigenvalue weighted by Crippen LogP contribution is 2.03. The Morgan fingerprint density at radius 3 is 2.29 bits per heavy atom. The predicted octanol–water partition coefficient (Wildman–Crippen LogP) is 0.0714. The van der Waals surface area contributed by atoms with Crippen molar-refractivity contribution in [3.63, 3.8) is 0 Å². The second kappa shape index (κ2) is 5.32. The molecule has 0 aromatic heterocycles. The zero-order valence-corrected chi connectivity index (χ0v) is 9.40. The lowest BCUT2D eigenvalue weighted by atomic mass is 10.2. The van der Waals surface area contributed by atoms with Crippen molar-refractivity contribution >= 4 is 27.9 Å². The fraction of sp³-hybridized carbons (Fsp3) is 0. The van der Waals surface area contributed by atoms with Crippen LogP contribution in [0.2, 0.25) is 0 Å². The van der Waals surface area contributed by atoms with Gasteiger partial charge in [0.25, 0.3) is 15.1 Å². The molecule has 1 aromatic rings. The van der Waals surface area contributed by atoms with Crippen LogP contribution in [0.4, 0.5) is 4.79 Å². The summed E-state index contributed by atoms with van der Waals surface area (Å²) < 4.78 is 22.8. The molecule has 0 saturated heterocycles. The van der Waals surface area contributed by atoms with Gasteiger partial charge in [0, 0.05) is 5.56 Å². The highest BCUT2D eigenvalue weighted by molar-refractivity contribution is 8.04. The van der Waals surface area contributed by atoms with Crippen LogP contribution in [0.25, 0.3) is 0 Å². The minimum Gasteiger partial charge on any atom is -0.274 e. The van der Waals surface area contributed by atoms with Crippen molar-refractivity contribution in [3.8, 4) is 0 Å². The first-order chi connectivity index (χ1) is 7.97. The van der Waals surface area contributed by atoms with Crippen LogP contribution < -0.4 is 10.3 Å². The number of carbonyl (C=O) groups is 2. The molecule has 0 heterocycles. The topological polar surface area (TPSA) is 105 Å². The smallest absolute Gasteiger partial charge is 0.274 e. The minimum atomic E-state index is -4.33. The second-order valence-corrected chi connectivity index (χ2v) is 4.43. The number of carbonyl (C=O) groups excluding carboxylic acids is 2. The van der Waals surface area contributed by atoms with E-state index in [1.165, 1.54) is 24.3 Å². The average molecular weight is 255 g/mol. The Bertz CT molecular complexity index is 539. The van der Waals surface area contributed by atoms with Gasteiger partial charge in [0.15, 0.2) is 0 Å². The Kier molecular flexibility index (Phi) is 4.07. The zero-order chi connectivity index (χ0) is 12.9. The van der Waals surface area contributed by atoms with Crippen LogP contribution in [-0.2, 0) is 10.0 Å². The number of hydrazine groups is 1.